The smallest absolute Gasteiger partial charge is 0.332 e. The van der Waals surface area contributed by atoms with Gasteiger partial charge < -0.3 is 15.2 Å². The van der Waals surface area contributed by atoms with Crippen LogP contribution < -0.4 is 5.73 Å². The molecule has 0 aliphatic carbocycles. The Bertz CT molecular complexity index is 439. The summed E-state index contributed by atoms with van der Waals surface area (Å²) in [4.78, 5) is 9.61. The molecule has 17 heavy (non-hydrogen) atoms. The van der Waals surface area contributed by atoms with E-state index in [1.54, 1.807) is 6.92 Å². The fourth-order valence-corrected chi connectivity index (χ4v) is 2.74. The highest BCUT2D eigenvalue weighted by Gasteiger charge is 2.23. The second-order valence-corrected chi connectivity index (χ2v) is 5.78. The van der Waals surface area contributed by atoms with Crippen molar-refractivity contribution >= 4 is 13.3 Å². The molecule has 1 aromatic carbocycles. The Morgan fingerprint density at radius 2 is 2.24 bits per heavy atom. The van der Waals surface area contributed by atoms with Gasteiger partial charge in [0.05, 0.1) is 18.0 Å². The lowest BCUT2D eigenvalue weighted by molar-refractivity contribution is 0.185. The van der Waals surface area contributed by atoms with E-state index in [9.17, 15) is 13.8 Å². The maximum atomic E-state index is 13.1. The fourth-order valence-electron chi connectivity index (χ4n) is 1.29. The highest BCUT2D eigenvalue weighted by molar-refractivity contribution is 7.51. The van der Waals surface area contributed by atoms with Gasteiger partial charge in [-0.05, 0) is 31.0 Å². The Kier molecular flexibility index (Phi) is 4.69. The molecule has 0 heterocycles. The maximum Gasteiger partial charge on any atom is 0.332 e. The van der Waals surface area contributed by atoms with Gasteiger partial charge in [0.25, 0.3) is 0 Å². The van der Waals surface area contributed by atoms with Crippen molar-refractivity contribution in [2.45, 2.75) is 32.5 Å². The summed E-state index contributed by atoms with van der Waals surface area (Å²) < 4.78 is 29.9. The number of hydrogen-bond acceptors (Lipinski definition) is 3. The standard InChI is InChI=1S/C11H17FNO3P/c1-3-8(2)16-17(14,15)7-9-4-5-11(13)10(12)6-9/h4-6,8H,3,7,13H2,1-2H3,(H,14,15). The van der Waals surface area contributed by atoms with Gasteiger partial charge in [-0.15, -0.1) is 0 Å². The van der Waals surface area contributed by atoms with Crippen LogP contribution in [0.2, 0.25) is 0 Å². The Morgan fingerprint density at radius 3 is 2.76 bits per heavy atom. The van der Waals surface area contributed by atoms with Crippen molar-refractivity contribution in [1.82, 2.24) is 0 Å². The number of halogens is 1. The van der Waals surface area contributed by atoms with Gasteiger partial charge in [-0.25, -0.2) is 4.39 Å². The van der Waals surface area contributed by atoms with E-state index in [-0.39, 0.29) is 18.0 Å². The molecule has 0 aliphatic rings. The predicted molar refractivity (Wildman–Crippen MR) is 65.2 cm³/mol. The second-order valence-electron chi connectivity index (χ2n) is 3.98. The largest absolute Gasteiger partial charge is 0.396 e. The molecule has 0 aromatic heterocycles. The van der Waals surface area contributed by atoms with Crippen molar-refractivity contribution in [3.8, 4) is 0 Å². The maximum absolute atomic E-state index is 13.1. The monoisotopic (exact) mass is 261 g/mol. The fraction of sp³-hybridized carbons (Fsp3) is 0.455. The quantitative estimate of drug-likeness (QED) is 0.631. The van der Waals surface area contributed by atoms with E-state index in [4.69, 9.17) is 10.3 Å². The minimum atomic E-state index is -3.73. The molecular formula is C11H17FNO3P. The van der Waals surface area contributed by atoms with Crippen LogP contribution in [-0.2, 0) is 15.3 Å². The molecule has 2 unspecified atom stereocenters. The first-order chi connectivity index (χ1) is 7.84. The molecule has 3 N–H and O–H groups in total. The van der Waals surface area contributed by atoms with Crippen LogP contribution >= 0.6 is 7.60 Å². The minimum Gasteiger partial charge on any atom is -0.396 e. The molecule has 0 radical (unpaired) electrons. The third-order valence-electron chi connectivity index (χ3n) is 2.37. The van der Waals surface area contributed by atoms with Crippen molar-refractivity contribution < 1.29 is 18.4 Å². The van der Waals surface area contributed by atoms with Crippen LogP contribution in [0.5, 0.6) is 0 Å². The molecule has 2 atom stereocenters. The van der Waals surface area contributed by atoms with Gasteiger partial charge in [0, 0.05) is 0 Å². The van der Waals surface area contributed by atoms with E-state index < -0.39 is 13.4 Å². The van der Waals surface area contributed by atoms with Crippen molar-refractivity contribution in [2.24, 2.45) is 0 Å². The molecule has 1 rings (SSSR count). The zero-order valence-electron chi connectivity index (χ0n) is 9.89. The molecule has 96 valence electrons. The first-order valence-corrected chi connectivity index (χ1v) is 7.14. The minimum absolute atomic E-state index is 0.0179. The van der Waals surface area contributed by atoms with Gasteiger partial charge in [0.1, 0.15) is 5.82 Å². The van der Waals surface area contributed by atoms with Crippen LogP contribution in [0.4, 0.5) is 10.1 Å². The molecule has 0 saturated carbocycles. The van der Waals surface area contributed by atoms with Gasteiger partial charge in [0.15, 0.2) is 0 Å². The topological polar surface area (TPSA) is 72.5 Å². The van der Waals surface area contributed by atoms with Crippen molar-refractivity contribution in [3.63, 3.8) is 0 Å². The summed E-state index contributed by atoms with van der Waals surface area (Å²) in [6.07, 6.45) is 0.124. The van der Waals surface area contributed by atoms with Crippen LogP contribution in [-0.4, -0.2) is 11.0 Å². The van der Waals surface area contributed by atoms with Gasteiger partial charge in [-0.3, -0.25) is 4.57 Å². The molecule has 1 aromatic rings. The average molecular weight is 261 g/mol. The van der Waals surface area contributed by atoms with E-state index >= 15 is 0 Å². The van der Waals surface area contributed by atoms with E-state index in [1.165, 1.54) is 12.1 Å². The number of nitrogen functional groups attached to an aromatic ring is 1. The summed E-state index contributed by atoms with van der Waals surface area (Å²) in [7, 11) is -3.73. The van der Waals surface area contributed by atoms with E-state index in [2.05, 4.69) is 0 Å². The second kappa shape index (κ2) is 5.63. The highest BCUT2D eigenvalue weighted by atomic mass is 31.2. The van der Waals surface area contributed by atoms with Crippen LogP contribution in [0.25, 0.3) is 0 Å². The molecule has 0 spiro atoms. The molecule has 0 bridgehead atoms. The lowest BCUT2D eigenvalue weighted by Crippen LogP contribution is -2.05. The summed E-state index contributed by atoms with van der Waals surface area (Å²) in [5, 5.41) is 0. The number of hydrogen-bond donors (Lipinski definition) is 2. The lowest BCUT2D eigenvalue weighted by atomic mass is 10.2. The van der Waals surface area contributed by atoms with Gasteiger partial charge >= 0.3 is 7.60 Å². The summed E-state index contributed by atoms with van der Waals surface area (Å²) in [6.45, 7) is 3.57. The summed E-state index contributed by atoms with van der Waals surface area (Å²) in [5.41, 5.74) is 5.73. The Hall–Kier alpha value is -0.900. The van der Waals surface area contributed by atoms with Gasteiger partial charge in [-0.1, -0.05) is 13.0 Å². The van der Waals surface area contributed by atoms with Gasteiger partial charge in [-0.2, -0.15) is 0 Å². The number of benzene rings is 1. The van der Waals surface area contributed by atoms with Crippen molar-refractivity contribution in [2.75, 3.05) is 5.73 Å². The Balaban J connectivity index is 2.76. The summed E-state index contributed by atoms with van der Waals surface area (Å²) in [6, 6.07) is 4.04. The third kappa shape index (κ3) is 4.46. The molecule has 0 amide bonds. The molecule has 0 fully saturated rings. The molecule has 0 aliphatic heterocycles. The van der Waals surface area contributed by atoms with Gasteiger partial charge in [0.2, 0.25) is 0 Å². The average Bonchev–Trinajstić information content (AvgIpc) is 2.22. The van der Waals surface area contributed by atoms with E-state index in [0.29, 0.717) is 12.0 Å². The predicted octanol–water partition coefficient (Wildman–Crippen LogP) is 2.91. The normalized spacial score (nSPS) is 16.5. The van der Waals surface area contributed by atoms with Crippen LogP contribution in [0.3, 0.4) is 0 Å². The van der Waals surface area contributed by atoms with Crippen molar-refractivity contribution in [1.29, 1.82) is 0 Å². The highest BCUT2D eigenvalue weighted by Crippen LogP contribution is 2.47. The summed E-state index contributed by atoms with van der Waals surface area (Å²) >= 11 is 0. The zero-order valence-corrected chi connectivity index (χ0v) is 10.8. The SMILES string of the molecule is CCC(C)OP(=O)(O)Cc1ccc(N)c(F)c1. The van der Waals surface area contributed by atoms with Crippen LogP contribution in [0.15, 0.2) is 18.2 Å². The zero-order chi connectivity index (χ0) is 13.1. The van der Waals surface area contributed by atoms with Crippen molar-refractivity contribution in [3.05, 3.63) is 29.6 Å². The Labute approximate surface area is 100 Å². The first kappa shape index (κ1) is 14.2. The molecule has 6 heteroatoms. The summed E-state index contributed by atoms with van der Waals surface area (Å²) in [5.74, 6) is -0.592. The molecule has 4 nitrogen and oxygen atoms in total. The molecule has 0 saturated heterocycles. The third-order valence-corrected chi connectivity index (χ3v) is 3.82. The molecular weight excluding hydrogens is 244 g/mol. The number of anilines is 1. The Morgan fingerprint density at radius 1 is 1.59 bits per heavy atom. The first-order valence-electron chi connectivity index (χ1n) is 5.38. The van der Waals surface area contributed by atoms with E-state index in [1.807, 2.05) is 6.92 Å². The number of rotatable bonds is 5. The lowest BCUT2D eigenvalue weighted by Gasteiger charge is -2.16. The van der Waals surface area contributed by atoms with Crippen LogP contribution in [0.1, 0.15) is 25.8 Å². The number of nitrogens with two attached hydrogens (primary N) is 1. The van der Waals surface area contributed by atoms with Crippen LogP contribution in [0, 0.1) is 5.82 Å². The van der Waals surface area contributed by atoms with E-state index in [0.717, 1.165) is 6.07 Å².